The summed E-state index contributed by atoms with van der Waals surface area (Å²) in [6.45, 7) is 37.3. The third-order valence-corrected chi connectivity index (χ3v) is 16.3. The summed E-state index contributed by atoms with van der Waals surface area (Å²) in [5, 5.41) is 10.8. The van der Waals surface area contributed by atoms with Gasteiger partial charge in [-0.25, -0.2) is 4.98 Å². The van der Waals surface area contributed by atoms with Crippen LogP contribution >= 0.6 is 0 Å². The number of carbonyl (C=O) groups excluding carboxylic acids is 8. The molecule has 0 bridgehead atoms. The molecule has 8 heterocycles. The van der Waals surface area contributed by atoms with Crippen molar-refractivity contribution in [3.05, 3.63) is 96.0 Å². The summed E-state index contributed by atoms with van der Waals surface area (Å²) in [5.74, 6) is 0.145. The highest BCUT2D eigenvalue weighted by atomic mass is 16.2. The first-order chi connectivity index (χ1) is 39.7. The van der Waals surface area contributed by atoms with Crippen molar-refractivity contribution in [2.24, 2.45) is 21.7 Å². The highest BCUT2D eigenvalue weighted by molar-refractivity contribution is 5.99. The molecule has 8 atom stereocenters. The van der Waals surface area contributed by atoms with Crippen LogP contribution in [0.15, 0.2) is 73.6 Å². The van der Waals surface area contributed by atoms with Crippen LogP contribution in [0.5, 0.6) is 0 Å². The average molecular weight is 1170 g/mol. The van der Waals surface area contributed by atoms with Crippen molar-refractivity contribution in [3.8, 4) is 0 Å². The molecule has 0 saturated heterocycles. The van der Waals surface area contributed by atoms with Gasteiger partial charge in [-0.3, -0.25) is 58.2 Å². The number of nitrogens with zero attached hydrogens (tertiary/aromatic N) is 8. The number of amides is 8. The predicted octanol–water partition coefficient (Wildman–Crippen LogP) is 8.63. The van der Waals surface area contributed by atoms with Gasteiger partial charge in [-0.1, -0.05) is 61.5 Å². The van der Waals surface area contributed by atoms with Gasteiger partial charge < -0.3 is 36.0 Å². The highest BCUT2D eigenvalue weighted by Gasteiger charge is 2.51. The van der Waals surface area contributed by atoms with Crippen LogP contribution in [0.25, 0.3) is 0 Å². The van der Waals surface area contributed by atoms with E-state index in [1.165, 1.54) is 27.7 Å². The van der Waals surface area contributed by atoms with Crippen LogP contribution in [0.1, 0.15) is 161 Å². The lowest BCUT2D eigenvalue weighted by Crippen LogP contribution is -2.57. The lowest BCUT2D eigenvalue weighted by Gasteiger charge is -2.45. The summed E-state index contributed by atoms with van der Waals surface area (Å²) in [7, 11) is 6.49. The van der Waals surface area contributed by atoms with Crippen molar-refractivity contribution in [3.63, 3.8) is 0 Å². The fourth-order valence-electron chi connectivity index (χ4n) is 11.2. The van der Waals surface area contributed by atoms with E-state index in [9.17, 15) is 38.4 Å². The second kappa shape index (κ2) is 33.0. The Hall–Kier alpha value is -7.64. The number of anilines is 4. The molecule has 0 aliphatic carbocycles. The average Bonchev–Trinajstić information content (AvgIpc) is 1.32. The summed E-state index contributed by atoms with van der Waals surface area (Å²) in [6, 6.07) is 10.3. The van der Waals surface area contributed by atoms with Gasteiger partial charge in [-0.2, -0.15) is 0 Å². The van der Waals surface area contributed by atoms with Gasteiger partial charge in [-0.05, 0) is 122 Å². The summed E-state index contributed by atoms with van der Waals surface area (Å²) in [5.41, 5.74) is 3.54. The molecule has 464 valence electrons. The number of hydrogen-bond donors (Lipinski definition) is 4. The first kappa shape index (κ1) is 74.4. The standard InChI is InChI=1S/4C14H19N3O2.4C2H6/c1-9-14(3,13(19)15-4)7-11-8-16-6-5-12(11)17(9)10(2)18;1-9-14(3,13(19)15-4)7-11-5-6-16-8-12(11)17(9)10(2)18;1-9-14(3,13(19)15-4)8-11-12(6-5-7-16-11)17(9)10(2)18;1-9-14(3,13(19)15-4)8-11-6-5-7-16-12(11)17(9)10(2)18;4*1-2/h2*5-6,8-9H,7H2,1-4H3,(H,15,19);2*5-7,9H,8H2,1-4H3,(H,15,19);4*1-2H3. The van der Waals surface area contributed by atoms with Crippen molar-refractivity contribution < 1.29 is 38.4 Å². The molecule has 4 N–H and O–H groups in total. The van der Waals surface area contributed by atoms with E-state index in [0.29, 0.717) is 31.5 Å². The summed E-state index contributed by atoms with van der Waals surface area (Å²) in [4.78, 5) is 120. The van der Waals surface area contributed by atoms with E-state index in [-0.39, 0.29) is 71.4 Å². The quantitative estimate of drug-likeness (QED) is 0.150. The Balaban J connectivity index is 0.000000537. The van der Waals surface area contributed by atoms with Crippen LogP contribution in [-0.4, -0.2) is 120 Å². The summed E-state index contributed by atoms with van der Waals surface area (Å²) >= 11 is 0. The van der Waals surface area contributed by atoms with Gasteiger partial charge >= 0.3 is 0 Å². The Kier molecular flexibility index (Phi) is 29.2. The Morgan fingerprint density at radius 1 is 0.405 bits per heavy atom. The van der Waals surface area contributed by atoms with Crippen LogP contribution in [0, 0.1) is 21.7 Å². The molecule has 20 heteroatoms. The first-order valence-corrected chi connectivity index (χ1v) is 29.5. The molecule has 4 aliphatic heterocycles. The Morgan fingerprint density at radius 2 is 0.750 bits per heavy atom. The predicted molar refractivity (Wildman–Crippen MR) is 336 cm³/mol. The Bertz CT molecular complexity index is 2500. The van der Waals surface area contributed by atoms with Crippen LogP contribution in [0.3, 0.4) is 0 Å². The molecule has 0 radical (unpaired) electrons. The Labute approximate surface area is 501 Å². The minimum atomic E-state index is -0.665. The monoisotopic (exact) mass is 1160 g/mol. The molecular formula is C64H100N12O8. The van der Waals surface area contributed by atoms with E-state index in [1.54, 1.807) is 85.0 Å². The first-order valence-electron chi connectivity index (χ1n) is 29.5. The molecule has 0 spiro atoms. The van der Waals surface area contributed by atoms with Crippen LogP contribution in [-0.2, 0) is 64.0 Å². The molecule has 4 aliphatic rings. The maximum Gasteiger partial charge on any atom is 0.228 e. The lowest BCUT2D eigenvalue weighted by atomic mass is 9.73. The number of pyridine rings is 4. The van der Waals surface area contributed by atoms with Gasteiger partial charge in [0.25, 0.3) is 0 Å². The number of carbonyl (C=O) groups is 8. The van der Waals surface area contributed by atoms with Gasteiger partial charge in [0.15, 0.2) is 0 Å². The maximum absolute atomic E-state index is 12.2. The van der Waals surface area contributed by atoms with Gasteiger partial charge in [0.05, 0.1) is 56.7 Å². The van der Waals surface area contributed by atoms with E-state index in [0.717, 1.165) is 39.4 Å². The molecule has 84 heavy (non-hydrogen) atoms. The zero-order valence-electron chi connectivity index (χ0n) is 54.9. The number of aromatic nitrogens is 4. The van der Waals surface area contributed by atoms with Crippen molar-refractivity contribution in [2.45, 2.75) is 188 Å². The minimum Gasteiger partial charge on any atom is -0.359 e. The molecule has 0 aromatic carbocycles. The number of rotatable bonds is 4. The molecule has 0 saturated carbocycles. The lowest BCUT2D eigenvalue weighted by molar-refractivity contribution is -0.132. The fraction of sp³-hybridized carbons (Fsp3) is 0.562. The topological polar surface area (TPSA) is 249 Å². The Morgan fingerprint density at radius 3 is 1.19 bits per heavy atom. The van der Waals surface area contributed by atoms with Crippen molar-refractivity contribution in [1.82, 2.24) is 41.2 Å². The molecule has 8 amide bonds. The van der Waals surface area contributed by atoms with E-state index >= 15 is 0 Å². The van der Waals surface area contributed by atoms with Gasteiger partial charge in [0.2, 0.25) is 47.3 Å². The second-order valence-corrected chi connectivity index (χ2v) is 20.9. The van der Waals surface area contributed by atoms with E-state index in [1.807, 2.05) is 147 Å². The third-order valence-electron chi connectivity index (χ3n) is 16.3. The van der Waals surface area contributed by atoms with E-state index < -0.39 is 21.7 Å². The zero-order chi connectivity index (χ0) is 64.8. The number of nitrogens with one attached hydrogen (secondary N) is 4. The molecule has 8 unspecified atom stereocenters. The SMILES string of the molecule is CC.CC.CC.CC.CNC(=O)C1(C)Cc2cccnc2N(C(C)=O)C1C.CNC(=O)C1(C)Cc2ccncc2N(C(C)=O)C1C.CNC(=O)C1(C)Cc2cnccc2N(C(C)=O)C1C.CNC(=O)C1(C)Cc2ncccc2N(C(C)=O)C1C. The number of hydrogen-bond acceptors (Lipinski definition) is 12. The third kappa shape index (κ3) is 15.6. The minimum absolute atomic E-state index is 0.0475. The summed E-state index contributed by atoms with van der Waals surface area (Å²) < 4.78 is 0. The summed E-state index contributed by atoms with van der Waals surface area (Å²) in [6.07, 6.45) is 12.5. The molecule has 0 fully saturated rings. The van der Waals surface area contributed by atoms with Gasteiger partial charge in [0.1, 0.15) is 5.82 Å². The fourth-order valence-corrected chi connectivity index (χ4v) is 11.2. The van der Waals surface area contributed by atoms with E-state index in [4.69, 9.17) is 0 Å². The van der Waals surface area contributed by atoms with Crippen LogP contribution < -0.4 is 40.9 Å². The molecule has 4 aromatic heterocycles. The number of fused-ring (bicyclic) bond motifs is 4. The second-order valence-electron chi connectivity index (χ2n) is 20.9. The van der Waals surface area contributed by atoms with Crippen molar-refractivity contribution in [2.75, 3.05) is 47.8 Å². The molecule has 8 rings (SSSR count). The highest BCUT2D eigenvalue weighted by Crippen LogP contribution is 2.44. The van der Waals surface area contributed by atoms with Crippen LogP contribution in [0.2, 0.25) is 0 Å². The zero-order valence-corrected chi connectivity index (χ0v) is 54.9. The normalized spacial score (nSPS) is 23.5. The van der Waals surface area contributed by atoms with Crippen molar-refractivity contribution >= 4 is 70.1 Å². The van der Waals surface area contributed by atoms with Crippen LogP contribution in [0.4, 0.5) is 22.9 Å². The largest absolute Gasteiger partial charge is 0.359 e. The van der Waals surface area contributed by atoms with Crippen molar-refractivity contribution in [1.29, 1.82) is 0 Å². The maximum atomic E-state index is 12.2. The smallest absolute Gasteiger partial charge is 0.228 e. The van der Waals surface area contributed by atoms with Gasteiger partial charge in [-0.15, -0.1) is 0 Å². The molecule has 20 nitrogen and oxygen atoms in total. The molecular weight excluding hydrogens is 1060 g/mol. The van der Waals surface area contributed by atoms with Gasteiger partial charge in [0, 0.05) is 111 Å². The van der Waals surface area contributed by atoms with E-state index in [2.05, 4.69) is 41.2 Å². The molecule has 4 aromatic rings.